The van der Waals surface area contributed by atoms with Gasteiger partial charge < -0.3 is 70.9 Å². The lowest BCUT2D eigenvalue weighted by Gasteiger charge is -2.41. The predicted molar refractivity (Wildman–Crippen MR) is 386 cm³/mol. The summed E-state index contributed by atoms with van der Waals surface area (Å²) in [7, 11) is 9.87. The Hall–Kier alpha value is -5.94. The van der Waals surface area contributed by atoms with Crippen LogP contribution in [0.2, 0.25) is 0 Å². The first-order valence-corrected chi connectivity index (χ1v) is 36.8. The van der Waals surface area contributed by atoms with E-state index in [2.05, 4.69) is 31.1 Å². The predicted octanol–water partition coefficient (Wildman–Crippen LogP) is 2.10. The lowest BCUT2D eigenvalue weighted by Crippen LogP contribution is -2.64. The molecule has 2 aliphatic rings. The number of carbonyl (C=O) groups is 11. The fourth-order valence-electron chi connectivity index (χ4n) is 12.7. The molecule has 27 nitrogen and oxygen atoms in total. The molecule has 0 spiro atoms. The quantitative estimate of drug-likeness (QED) is 0.0603. The highest BCUT2D eigenvalue weighted by atomic mass is 32.2. The van der Waals surface area contributed by atoms with Gasteiger partial charge in [-0.05, 0) is 102 Å². The normalized spacial score (nSPS) is 27.0. The van der Waals surface area contributed by atoms with Gasteiger partial charge in [0.1, 0.15) is 66.5 Å². The van der Waals surface area contributed by atoms with E-state index in [0.717, 1.165) is 36.0 Å². The molecular weight excluding hydrogens is 1290 g/mol. The second-order valence-electron chi connectivity index (χ2n) is 30.2. The molecule has 2 aliphatic heterocycles. The van der Waals surface area contributed by atoms with Crippen molar-refractivity contribution in [2.45, 2.75) is 234 Å². The summed E-state index contributed by atoms with van der Waals surface area (Å²) < 4.78 is 0. The minimum atomic E-state index is -1.67. The number of hydrogen-bond acceptors (Lipinski definition) is 17. The van der Waals surface area contributed by atoms with Crippen molar-refractivity contribution in [2.75, 3.05) is 107 Å². The molecule has 0 bridgehead atoms. The molecule has 28 heteroatoms. The topological polar surface area (TPSA) is 326 Å². The highest BCUT2D eigenvalue weighted by Crippen LogP contribution is 2.27. The average Bonchev–Trinajstić information content (AvgIpc) is 0.809. The van der Waals surface area contributed by atoms with E-state index in [-0.39, 0.29) is 68.6 Å². The van der Waals surface area contributed by atoms with Gasteiger partial charge in [-0.2, -0.15) is 11.8 Å². The maximum Gasteiger partial charge on any atom is 0.246 e. The van der Waals surface area contributed by atoms with Crippen LogP contribution in [0.15, 0.2) is 12.2 Å². The van der Waals surface area contributed by atoms with Crippen molar-refractivity contribution < 1.29 is 68.1 Å². The van der Waals surface area contributed by atoms with Crippen LogP contribution < -0.4 is 21.3 Å². The summed E-state index contributed by atoms with van der Waals surface area (Å²) in [6, 6.07) is -14.5. The molecule has 2 rings (SSSR count). The molecule has 568 valence electrons. The number of nitrogens with one attached hydrogen (secondary N) is 4. The van der Waals surface area contributed by atoms with Gasteiger partial charge in [0, 0.05) is 107 Å². The minimum Gasteiger partial charge on any atom is -0.395 e. The summed E-state index contributed by atoms with van der Waals surface area (Å²) in [5, 5.41) is 44.4. The second kappa shape index (κ2) is 41.2. The van der Waals surface area contributed by atoms with E-state index in [0.29, 0.717) is 18.8 Å². The van der Waals surface area contributed by atoms with Crippen LogP contribution in [0.25, 0.3) is 0 Å². The number of rotatable bonds is 22. The Kier molecular flexibility index (Phi) is 37.1. The minimum absolute atomic E-state index is 0.00677. The molecule has 99 heavy (non-hydrogen) atoms. The number of amides is 11. The molecule has 2 fully saturated rings. The Balaban J connectivity index is 3.12. The first-order valence-electron chi connectivity index (χ1n) is 35.7. The smallest absolute Gasteiger partial charge is 0.246 e. The molecule has 11 amide bonds. The molecule has 0 aliphatic carbocycles. The molecule has 2 heterocycles. The number of hydrogen-bond donors (Lipinski definition) is 7. The number of piperazine rings is 1. The molecule has 0 saturated carbocycles. The number of nitrogens with zero attached hydrogens (tertiary/aromatic N) is 9. The molecule has 2 saturated heterocycles. The van der Waals surface area contributed by atoms with E-state index < -0.39 is 161 Å². The Bertz CT molecular complexity index is 2700. The zero-order valence-corrected chi connectivity index (χ0v) is 65.2. The molecule has 0 aromatic carbocycles. The number of thioether (sulfide) groups is 1. The summed E-state index contributed by atoms with van der Waals surface area (Å²) in [6.07, 6.45) is 2.30. The van der Waals surface area contributed by atoms with Gasteiger partial charge in [-0.25, -0.2) is 0 Å². The Morgan fingerprint density at radius 3 is 1.41 bits per heavy atom. The molecule has 0 aromatic heterocycles. The first kappa shape index (κ1) is 89.1. The Labute approximate surface area is 596 Å². The van der Waals surface area contributed by atoms with Crippen LogP contribution >= 0.6 is 11.8 Å². The van der Waals surface area contributed by atoms with Crippen LogP contribution in [0.3, 0.4) is 0 Å². The maximum absolute atomic E-state index is 15.5. The van der Waals surface area contributed by atoms with Crippen molar-refractivity contribution in [3.05, 3.63) is 12.2 Å². The number of likely N-dealkylation sites (N-methyl/N-ethyl adjacent to an activating group) is 7. The highest BCUT2D eigenvalue weighted by molar-refractivity contribution is 7.99. The Morgan fingerprint density at radius 2 is 0.939 bits per heavy atom. The molecule has 0 aromatic rings. The van der Waals surface area contributed by atoms with Crippen LogP contribution in [-0.4, -0.2) is 309 Å². The van der Waals surface area contributed by atoms with E-state index in [1.54, 1.807) is 60.6 Å². The van der Waals surface area contributed by atoms with Crippen LogP contribution in [0.4, 0.5) is 0 Å². The van der Waals surface area contributed by atoms with Crippen LogP contribution in [0.1, 0.15) is 156 Å². The van der Waals surface area contributed by atoms with Crippen molar-refractivity contribution in [1.29, 1.82) is 0 Å². The van der Waals surface area contributed by atoms with Crippen LogP contribution in [0.5, 0.6) is 0 Å². The number of aliphatic hydroxyl groups is 3. The molecular formula is C71H129N13O14S. The van der Waals surface area contributed by atoms with Crippen molar-refractivity contribution >= 4 is 76.7 Å². The van der Waals surface area contributed by atoms with E-state index in [9.17, 15) is 34.5 Å². The van der Waals surface area contributed by atoms with Gasteiger partial charge in [-0.1, -0.05) is 95.2 Å². The van der Waals surface area contributed by atoms with Crippen molar-refractivity contribution in [3.63, 3.8) is 0 Å². The molecule has 7 N–H and O–H groups in total. The largest absolute Gasteiger partial charge is 0.395 e. The van der Waals surface area contributed by atoms with Gasteiger partial charge in [0.05, 0.1) is 18.3 Å². The summed E-state index contributed by atoms with van der Waals surface area (Å²) in [5.41, 5.74) is -1.60. The lowest BCUT2D eigenvalue weighted by molar-refractivity contribution is -0.157. The second-order valence-corrected chi connectivity index (χ2v) is 31.3. The number of β-amino-alcohol motifs (C(OH)–C–C–N with tert-alkyl or cyclic N) is 1. The Morgan fingerprint density at radius 1 is 0.505 bits per heavy atom. The maximum atomic E-state index is 15.5. The van der Waals surface area contributed by atoms with E-state index in [1.807, 2.05) is 41.5 Å². The average molecular weight is 1420 g/mol. The monoisotopic (exact) mass is 1420 g/mol. The number of aliphatic hydroxyl groups excluding tert-OH is 2. The van der Waals surface area contributed by atoms with Gasteiger partial charge in [0.2, 0.25) is 65.0 Å². The summed E-state index contributed by atoms with van der Waals surface area (Å²) >= 11 is 1.39. The van der Waals surface area contributed by atoms with Gasteiger partial charge in [0.25, 0.3) is 0 Å². The lowest BCUT2D eigenvalue weighted by atomic mass is 9.91. The fraction of sp³-hybridized carbons (Fsp3) is 0.817. The number of carbonyl (C=O) groups excluding carboxylic acids is 11. The highest BCUT2D eigenvalue weighted by Gasteiger charge is 2.47. The molecule has 0 unspecified atom stereocenters. The van der Waals surface area contributed by atoms with Crippen molar-refractivity contribution in [2.24, 2.45) is 35.5 Å². The zero-order valence-electron chi connectivity index (χ0n) is 64.4. The van der Waals surface area contributed by atoms with E-state index in [4.69, 9.17) is 0 Å². The van der Waals surface area contributed by atoms with E-state index in [1.165, 1.54) is 113 Å². The van der Waals surface area contributed by atoms with E-state index >= 15 is 33.6 Å². The fourth-order valence-corrected chi connectivity index (χ4v) is 13.9. The third kappa shape index (κ3) is 26.1. The summed E-state index contributed by atoms with van der Waals surface area (Å²) in [6.45, 7) is 33.2. The van der Waals surface area contributed by atoms with Crippen LogP contribution in [0, 0.1) is 35.5 Å². The molecule has 0 radical (unpaired) electrons. The van der Waals surface area contributed by atoms with Gasteiger partial charge in [0.15, 0.2) is 0 Å². The SMILES string of the molecule is CC=CC[C@@H](C)[C@@H](O)[C@H]1C(=O)N[C@@H](CC)C(=O)N(C)[C@H](CSCCN2CCN(CCO)CC2)C(=O)N(C)[C@@H](CC(C)(C)O)C(=O)N[C@@H](C(C)C)C(=O)N(C)[C@@H](CC(C)C)C(=O)N[C@@H](C)C(=O)N[C@H](C)C(=O)N(C)[C@@H](CC(C)C)C(=O)N(C)[C@@H](CC(C)C)C(=O)N(C)[C@@H](C(C)C)C(=O)N1C. The first-order chi connectivity index (χ1) is 45.9. The van der Waals surface area contributed by atoms with Gasteiger partial charge in [-0.15, -0.1) is 0 Å². The van der Waals surface area contributed by atoms with Gasteiger partial charge in [-0.3, -0.25) is 62.5 Å². The standard InChI is InChI=1S/C71H129N13O14S/c1-25-27-28-47(13)59(86)58-63(90)74-50(26-2)65(92)80(22)55(41-99-36-34-84-31-29-83(30-32-84)33-35-85)68(95)79(21)54(40-71(16,17)98)62(89)75-56(45(9)10)69(96)76(18)51(37-42(3)4)61(88)72-48(14)60(87)73-49(15)64(91)77(19)52(38-43(5)6)66(93)78(20)53(39-44(7)8)67(94)81(23)57(46(11)12)70(97)82(58)24/h25,27,42-59,85-86,98H,26,28-41H2,1-24H3,(H,72,88)(H,73,87)(H,74,90)(H,75,89)/t47-,48+,49-,50+,51+,52+,53+,54+,55-,56+,57+,58+,59-/m1/s1. The van der Waals surface area contributed by atoms with Crippen LogP contribution in [-0.2, 0) is 52.7 Å². The molecule has 13 atom stereocenters. The summed E-state index contributed by atoms with van der Waals surface area (Å²) in [4.78, 5) is 178. The van der Waals surface area contributed by atoms with Gasteiger partial charge >= 0.3 is 0 Å². The van der Waals surface area contributed by atoms with Crippen molar-refractivity contribution in [1.82, 2.24) is 65.4 Å². The third-order valence-corrected chi connectivity index (χ3v) is 20.1. The van der Waals surface area contributed by atoms with Crippen molar-refractivity contribution in [3.8, 4) is 0 Å². The third-order valence-electron chi connectivity index (χ3n) is 19.1. The zero-order chi connectivity index (χ0) is 76.0. The summed E-state index contributed by atoms with van der Waals surface area (Å²) in [5.74, 6) is -9.89. The number of allylic oxidation sites excluding steroid dienone is 2.